The summed E-state index contributed by atoms with van der Waals surface area (Å²) >= 11 is 0. The number of carbonyl (C=O) groups is 1. The van der Waals surface area contributed by atoms with E-state index in [0.29, 0.717) is 12.0 Å². The maximum atomic E-state index is 12.6. The molecule has 4 rings (SSSR count). The average Bonchev–Trinajstić information content (AvgIpc) is 3.18. The Morgan fingerprint density at radius 1 is 1.26 bits per heavy atom. The van der Waals surface area contributed by atoms with E-state index in [1.54, 1.807) is 6.20 Å². The van der Waals surface area contributed by atoms with Crippen LogP contribution in [0.5, 0.6) is 0 Å². The smallest absolute Gasteiger partial charge is 0.229 e. The maximum Gasteiger partial charge on any atom is 0.229 e. The van der Waals surface area contributed by atoms with E-state index in [2.05, 4.69) is 22.5 Å². The summed E-state index contributed by atoms with van der Waals surface area (Å²) in [5, 5.41) is 6.56. The van der Waals surface area contributed by atoms with Crippen LogP contribution in [0.25, 0.3) is 11.3 Å². The third-order valence-electron chi connectivity index (χ3n) is 5.18. The molecule has 2 bridgehead atoms. The van der Waals surface area contributed by atoms with Crippen LogP contribution in [0.15, 0.2) is 42.6 Å². The molecule has 3 atom stereocenters. The van der Waals surface area contributed by atoms with Gasteiger partial charge in [0.05, 0.1) is 11.6 Å². The molecule has 0 radical (unpaired) electrons. The van der Waals surface area contributed by atoms with Crippen LogP contribution in [0.1, 0.15) is 18.4 Å². The normalized spacial score (nSPS) is 25.5. The lowest BCUT2D eigenvalue weighted by Gasteiger charge is -2.16. The predicted molar refractivity (Wildman–Crippen MR) is 91.0 cm³/mol. The molecule has 2 aliphatic rings. The van der Waals surface area contributed by atoms with Crippen molar-refractivity contribution in [3.63, 3.8) is 0 Å². The van der Waals surface area contributed by atoms with Crippen molar-refractivity contribution < 1.29 is 4.79 Å². The largest absolute Gasteiger partial charge is 0.326 e. The van der Waals surface area contributed by atoms with Gasteiger partial charge in [-0.15, -0.1) is 0 Å². The van der Waals surface area contributed by atoms with Gasteiger partial charge in [0.1, 0.15) is 0 Å². The molecule has 1 aliphatic carbocycles. The minimum atomic E-state index is 0.120. The summed E-state index contributed by atoms with van der Waals surface area (Å²) in [6.45, 7) is 3.05. The Labute approximate surface area is 136 Å². The van der Waals surface area contributed by atoms with Crippen LogP contribution >= 0.6 is 0 Å². The SMILES string of the molecule is Cc1ccc(NC(=O)C2C3CCC2NC3)cc1-c1ccccn1. The molecule has 23 heavy (non-hydrogen) atoms. The van der Waals surface area contributed by atoms with E-state index in [-0.39, 0.29) is 11.8 Å². The lowest BCUT2D eigenvalue weighted by molar-refractivity contribution is -0.120. The number of aromatic nitrogens is 1. The first kappa shape index (κ1) is 14.4. The highest BCUT2D eigenvalue weighted by atomic mass is 16.2. The second kappa shape index (κ2) is 5.78. The quantitative estimate of drug-likeness (QED) is 0.916. The highest BCUT2D eigenvalue weighted by Crippen LogP contribution is 2.37. The maximum absolute atomic E-state index is 12.6. The van der Waals surface area contributed by atoms with E-state index in [4.69, 9.17) is 0 Å². The number of hydrogen-bond acceptors (Lipinski definition) is 3. The van der Waals surface area contributed by atoms with Gasteiger partial charge in [-0.3, -0.25) is 9.78 Å². The first-order valence-corrected chi connectivity index (χ1v) is 8.28. The summed E-state index contributed by atoms with van der Waals surface area (Å²) in [5.74, 6) is 0.772. The zero-order valence-corrected chi connectivity index (χ0v) is 13.3. The van der Waals surface area contributed by atoms with E-state index >= 15 is 0 Å². The van der Waals surface area contributed by atoms with Crippen molar-refractivity contribution in [3.8, 4) is 11.3 Å². The highest BCUT2D eigenvalue weighted by molar-refractivity contribution is 5.94. The Morgan fingerprint density at radius 2 is 2.17 bits per heavy atom. The molecular formula is C19H21N3O. The zero-order valence-electron chi connectivity index (χ0n) is 13.3. The number of nitrogens with one attached hydrogen (secondary N) is 2. The Morgan fingerprint density at radius 3 is 2.83 bits per heavy atom. The number of carbonyl (C=O) groups excluding carboxylic acids is 1. The third kappa shape index (κ3) is 2.63. The van der Waals surface area contributed by atoms with Gasteiger partial charge in [-0.1, -0.05) is 12.1 Å². The molecule has 1 saturated heterocycles. The lowest BCUT2D eigenvalue weighted by atomic mass is 9.97. The van der Waals surface area contributed by atoms with E-state index in [0.717, 1.165) is 35.5 Å². The number of hydrogen-bond donors (Lipinski definition) is 2. The number of piperidine rings is 1. The highest BCUT2D eigenvalue weighted by Gasteiger charge is 2.45. The summed E-state index contributed by atoms with van der Waals surface area (Å²) in [5.41, 5.74) is 4.01. The third-order valence-corrected chi connectivity index (χ3v) is 5.18. The van der Waals surface area contributed by atoms with Crippen LogP contribution in [-0.4, -0.2) is 23.5 Å². The molecule has 2 heterocycles. The van der Waals surface area contributed by atoms with E-state index in [9.17, 15) is 4.79 Å². The van der Waals surface area contributed by atoms with Gasteiger partial charge < -0.3 is 10.6 Å². The lowest BCUT2D eigenvalue weighted by Crippen LogP contribution is -2.32. The molecule has 4 nitrogen and oxygen atoms in total. The number of benzene rings is 1. The van der Waals surface area contributed by atoms with Crippen LogP contribution in [0.2, 0.25) is 0 Å². The van der Waals surface area contributed by atoms with Gasteiger partial charge >= 0.3 is 0 Å². The Kier molecular flexibility index (Phi) is 3.62. The first-order chi connectivity index (χ1) is 11.2. The van der Waals surface area contributed by atoms with Crippen molar-refractivity contribution in [3.05, 3.63) is 48.2 Å². The molecule has 2 fully saturated rings. The van der Waals surface area contributed by atoms with Crippen molar-refractivity contribution in [1.82, 2.24) is 10.3 Å². The van der Waals surface area contributed by atoms with Gasteiger partial charge in [0.2, 0.25) is 5.91 Å². The van der Waals surface area contributed by atoms with E-state index < -0.39 is 0 Å². The predicted octanol–water partition coefficient (Wildman–Crippen LogP) is 2.99. The number of anilines is 1. The molecule has 1 amide bonds. The molecule has 2 aromatic rings. The number of pyridine rings is 1. The Bertz CT molecular complexity index is 709. The van der Waals surface area contributed by atoms with Crippen LogP contribution in [0.3, 0.4) is 0 Å². The molecule has 1 aromatic heterocycles. The fourth-order valence-electron chi connectivity index (χ4n) is 3.96. The topological polar surface area (TPSA) is 54.0 Å². The molecule has 0 spiro atoms. The van der Waals surface area contributed by atoms with Crippen molar-refractivity contribution in [2.24, 2.45) is 11.8 Å². The fourth-order valence-corrected chi connectivity index (χ4v) is 3.96. The molecule has 4 heteroatoms. The van der Waals surface area contributed by atoms with Gasteiger partial charge in [0, 0.05) is 23.5 Å². The number of nitrogens with zero attached hydrogens (tertiary/aromatic N) is 1. The molecule has 3 unspecified atom stereocenters. The number of aryl methyl sites for hydroxylation is 1. The Balaban J connectivity index is 1.57. The number of amides is 1. The minimum Gasteiger partial charge on any atom is -0.326 e. The van der Waals surface area contributed by atoms with Gasteiger partial charge in [-0.2, -0.15) is 0 Å². The summed E-state index contributed by atoms with van der Waals surface area (Å²) in [7, 11) is 0. The van der Waals surface area contributed by atoms with E-state index in [1.165, 1.54) is 6.42 Å². The van der Waals surface area contributed by atoms with E-state index in [1.807, 2.05) is 36.4 Å². The van der Waals surface area contributed by atoms with Crippen molar-refractivity contribution in [2.75, 3.05) is 11.9 Å². The Hall–Kier alpha value is -2.20. The standard InChI is InChI=1S/C19H21N3O/c1-12-5-7-14(10-15(12)16-4-2-3-9-20-16)22-19(23)18-13-6-8-17(18)21-11-13/h2-5,7,9-10,13,17-18,21H,6,8,11H2,1H3,(H,22,23). The summed E-state index contributed by atoms with van der Waals surface area (Å²) in [6, 6.07) is 12.3. The summed E-state index contributed by atoms with van der Waals surface area (Å²) in [6.07, 6.45) is 4.08. The molecule has 1 saturated carbocycles. The minimum absolute atomic E-state index is 0.120. The summed E-state index contributed by atoms with van der Waals surface area (Å²) in [4.78, 5) is 17.1. The number of rotatable bonds is 3. The van der Waals surface area contributed by atoms with Crippen LogP contribution < -0.4 is 10.6 Å². The molecular weight excluding hydrogens is 286 g/mol. The fraction of sp³-hybridized carbons (Fsp3) is 0.368. The van der Waals surface area contributed by atoms with Crippen LogP contribution in [0.4, 0.5) is 5.69 Å². The molecule has 2 N–H and O–H groups in total. The van der Waals surface area contributed by atoms with Gasteiger partial charge in [-0.25, -0.2) is 0 Å². The second-order valence-corrected chi connectivity index (χ2v) is 6.61. The van der Waals surface area contributed by atoms with Gasteiger partial charge in [-0.05, 0) is 62.1 Å². The zero-order chi connectivity index (χ0) is 15.8. The monoisotopic (exact) mass is 307 g/mol. The molecule has 1 aromatic carbocycles. The van der Waals surface area contributed by atoms with Crippen molar-refractivity contribution in [2.45, 2.75) is 25.8 Å². The van der Waals surface area contributed by atoms with Crippen LogP contribution in [-0.2, 0) is 4.79 Å². The number of fused-ring (bicyclic) bond motifs is 2. The molecule has 118 valence electrons. The second-order valence-electron chi connectivity index (χ2n) is 6.61. The van der Waals surface area contributed by atoms with Crippen LogP contribution in [0, 0.1) is 18.8 Å². The summed E-state index contributed by atoms with van der Waals surface area (Å²) < 4.78 is 0. The first-order valence-electron chi connectivity index (χ1n) is 8.28. The average molecular weight is 307 g/mol. The molecule has 1 aliphatic heterocycles. The van der Waals surface area contributed by atoms with Gasteiger partial charge in [0.15, 0.2) is 0 Å². The van der Waals surface area contributed by atoms with Gasteiger partial charge in [0.25, 0.3) is 0 Å². The van der Waals surface area contributed by atoms with Crippen molar-refractivity contribution in [1.29, 1.82) is 0 Å². The van der Waals surface area contributed by atoms with Crippen molar-refractivity contribution >= 4 is 11.6 Å².